The average Bonchev–Trinajstić information content (AvgIpc) is 3.33. The molecule has 1 aliphatic rings. The molecule has 6 nitrogen and oxygen atoms in total. The van der Waals surface area contributed by atoms with Crippen molar-refractivity contribution in [2.45, 2.75) is 37.8 Å². The molecule has 8 heteroatoms. The third-order valence-corrected chi connectivity index (χ3v) is 7.32. The smallest absolute Gasteiger partial charge is 0.261 e. The van der Waals surface area contributed by atoms with Gasteiger partial charge in [0.05, 0.1) is 4.90 Å². The monoisotopic (exact) mass is 481 g/mol. The third-order valence-electron chi connectivity index (χ3n) is 5.94. The Morgan fingerprint density at radius 3 is 2.26 bits per heavy atom. The minimum absolute atomic E-state index is 0.0427. The number of nitrogens with zero attached hydrogens (tertiary/aromatic N) is 1. The van der Waals surface area contributed by atoms with Crippen molar-refractivity contribution in [3.63, 3.8) is 0 Å². The minimum Gasteiger partial charge on any atom is -0.348 e. The van der Waals surface area contributed by atoms with E-state index >= 15 is 0 Å². The molecule has 0 bridgehead atoms. The number of hydrogen-bond acceptors (Lipinski definition) is 4. The maximum Gasteiger partial charge on any atom is 0.261 e. The van der Waals surface area contributed by atoms with Gasteiger partial charge in [0.25, 0.3) is 15.9 Å². The Hall–Kier alpha value is -3.23. The molecular weight excluding hydrogens is 453 g/mol. The van der Waals surface area contributed by atoms with Crippen molar-refractivity contribution in [3.05, 3.63) is 94.8 Å². The first-order valence-electron chi connectivity index (χ1n) is 11.3. The molecule has 4 rings (SSSR count). The van der Waals surface area contributed by atoms with E-state index in [9.17, 15) is 17.6 Å². The summed E-state index contributed by atoms with van der Waals surface area (Å²) in [5.41, 5.74) is 3.41. The number of anilines is 1. The SMILES string of the molecule is Cc1ccc(S(=O)(=O)Nc2ccc(F)cc2)cc1C(=O)NCc1ccc(CN2CCCC2)cc1. The normalized spacial score (nSPS) is 14.2. The zero-order valence-electron chi connectivity index (χ0n) is 19.1. The van der Waals surface area contributed by atoms with Crippen molar-refractivity contribution in [2.75, 3.05) is 17.8 Å². The maximum absolute atomic E-state index is 13.1. The van der Waals surface area contributed by atoms with Gasteiger partial charge in [0, 0.05) is 24.3 Å². The molecule has 2 N–H and O–H groups in total. The molecule has 1 amide bonds. The Bertz CT molecular complexity index is 1250. The number of sulfonamides is 1. The highest BCUT2D eigenvalue weighted by molar-refractivity contribution is 7.92. The van der Waals surface area contributed by atoms with E-state index in [0.717, 1.165) is 25.2 Å². The van der Waals surface area contributed by atoms with Crippen LogP contribution in [-0.4, -0.2) is 32.3 Å². The van der Waals surface area contributed by atoms with Gasteiger partial charge in [0.15, 0.2) is 0 Å². The van der Waals surface area contributed by atoms with Gasteiger partial charge in [0.2, 0.25) is 0 Å². The number of rotatable bonds is 8. The second kappa shape index (κ2) is 10.4. The molecule has 0 spiro atoms. The first-order chi connectivity index (χ1) is 16.3. The summed E-state index contributed by atoms with van der Waals surface area (Å²) in [6, 6.07) is 17.6. The van der Waals surface area contributed by atoms with Crippen LogP contribution in [0.4, 0.5) is 10.1 Å². The van der Waals surface area contributed by atoms with Crippen molar-refractivity contribution in [3.8, 4) is 0 Å². The summed E-state index contributed by atoms with van der Waals surface area (Å²) in [6.45, 7) is 5.33. The van der Waals surface area contributed by atoms with Crippen molar-refractivity contribution in [2.24, 2.45) is 0 Å². The van der Waals surface area contributed by atoms with Crippen molar-refractivity contribution < 1.29 is 17.6 Å². The lowest BCUT2D eigenvalue weighted by molar-refractivity contribution is 0.0950. The number of carbonyl (C=O) groups excluding carboxylic acids is 1. The van der Waals surface area contributed by atoms with Crippen molar-refractivity contribution in [1.29, 1.82) is 0 Å². The molecule has 0 aliphatic carbocycles. The van der Waals surface area contributed by atoms with Gasteiger partial charge in [-0.1, -0.05) is 30.3 Å². The lowest BCUT2D eigenvalue weighted by atomic mass is 10.1. The highest BCUT2D eigenvalue weighted by Crippen LogP contribution is 2.20. The van der Waals surface area contributed by atoms with Crippen LogP contribution >= 0.6 is 0 Å². The van der Waals surface area contributed by atoms with Gasteiger partial charge in [-0.3, -0.25) is 14.4 Å². The van der Waals surface area contributed by atoms with Crippen LogP contribution in [0, 0.1) is 12.7 Å². The summed E-state index contributed by atoms with van der Waals surface area (Å²) in [6.07, 6.45) is 2.52. The number of benzene rings is 3. The fraction of sp³-hybridized carbons (Fsp3) is 0.269. The molecule has 34 heavy (non-hydrogen) atoms. The van der Waals surface area contributed by atoms with Gasteiger partial charge in [-0.15, -0.1) is 0 Å². The van der Waals surface area contributed by atoms with Crippen LogP contribution in [0.3, 0.4) is 0 Å². The summed E-state index contributed by atoms with van der Waals surface area (Å²) in [4.78, 5) is 15.2. The Morgan fingerprint density at radius 2 is 1.59 bits per heavy atom. The summed E-state index contributed by atoms with van der Waals surface area (Å²) < 4.78 is 41.0. The molecule has 3 aromatic carbocycles. The average molecular weight is 482 g/mol. The minimum atomic E-state index is -3.94. The molecule has 3 aromatic rings. The Kier molecular flexibility index (Phi) is 7.29. The summed E-state index contributed by atoms with van der Waals surface area (Å²) in [5, 5.41) is 2.88. The number of amides is 1. The Labute approximate surface area is 199 Å². The second-order valence-corrected chi connectivity index (χ2v) is 10.3. The number of hydrogen-bond donors (Lipinski definition) is 2. The second-order valence-electron chi connectivity index (χ2n) is 8.57. The molecule has 1 fully saturated rings. The number of nitrogens with one attached hydrogen (secondary N) is 2. The summed E-state index contributed by atoms with van der Waals surface area (Å²) >= 11 is 0. The molecule has 1 saturated heterocycles. The van der Waals surface area contributed by atoms with E-state index in [1.165, 1.54) is 54.8 Å². The Balaban J connectivity index is 1.40. The summed E-state index contributed by atoms with van der Waals surface area (Å²) in [5.74, 6) is -0.809. The zero-order valence-corrected chi connectivity index (χ0v) is 19.9. The van der Waals surface area contributed by atoms with Crippen LogP contribution < -0.4 is 10.0 Å². The van der Waals surface area contributed by atoms with Gasteiger partial charge >= 0.3 is 0 Å². The van der Waals surface area contributed by atoms with Crippen LogP contribution in [0.15, 0.2) is 71.6 Å². The van der Waals surface area contributed by atoms with Crippen LogP contribution in [0.2, 0.25) is 0 Å². The molecule has 0 unspecified atom stereocenters. The molecule has 0 saturated carbocycles. The van der Waals surface area contributed by atoms with E-state index in [4.69, 9.17) is 0 Å². The number of likely N-dealkylation sites (tertiary alicyclic amines) is 1. The first kappa shape index (κ1) is 23.9. The molecule has 0 atom stereocenters. The third kappa shape index (κ3) is 6.01. The number of aryl methyl sites for hydroxylation is 1. The van der Waals surface area contributed by atoms with Gasteiger partial charge in [-0.25, -0.2) is 12.8 Å². The highest BCUT2D eigenvalue weighted by atomic mass is 32.2. The predicted octanol–water partition coefficient (Wildman–Crippen LogP) is 4.46. The quantitative estimate of drug-likeness (QED) is 0.498. The standard InChI is InChI=1S/C26H28FN3O3S/c1-19-4-13-24(34(32,33)29-23-11-9-22(27)10-12-23)16-25(19)26(31)28-17-20-5-7-21(8-6-20)18-30-14-2-3-15-30/h4-13,16,29H,2-3,14-15,17-18H2,1H3,(H,28,31). The fourth-order valence-corrected chi connectivity index (χ4v) is 5.07. The number of carbonyl (C=O) groups is 1. The molecular formula is C26H28FN3O3S. The van der Waals surface area contributed by atoms with E-state index in [1.807, 2.05) is 12.1 Å². The largest absolute Gasteiger partial charge is 0.348 e. The predicted molar refractivity (Wildman–Crippen MR) is 131 cm³/mol. The molecule has 0 radical (unpaired) electrons. The lowest BCUT2D eigenvalue weighted by Crippen LogP contribution is -2.24. The maximum atomic E-state index is 13.1. The highest BCUT2D eigenvalue weighted by Gasteiger charge is 2.18. The summed E-state index contributed by atoms with van der Waals surface area (Å²) in [7, 11) is -3.94. The van der Waals surface area contributed by atoms with Gasteiger partial charge < -0.3 is 5.32 Å². The molecule has 1 aliphatic heterocycles. The first-order valence-corrected chi connectivity index (χ1v) is 12.8. The van der Waals surface area contributed by atoms with Gasteiger partial charge in [-0.05, 0) is 85.9 Å². The zero-order chi connectivity index (χ0) is 24.1. The van der Waals surface area contributed by atoms with Crippen molar-refractivity contribution in [1.82, 2.24) is 10.2 Å². The van der Waals surface area contributed by atoms with Gasteiger partial charge in [-0.2, -0.15) is 0 Å². The van der Waals surface area contributed by atoms with Crippen LogP contribution in [-0.2, 0) is 23.1 Å². The molecule has 178 valence electrons. The number of halogens is 1. The van der Waals surface area contributed by atoms with E-state index in [2.05, 4.69) is 27.1 Å². The molecule has 0 aromatic heterocycles. The van der Waals surface area contributed by atoms with Crippen LogP contribution in [0.1, 0.15) is 39.9 Å². The van der Waals surface area contributed by atoms with Crippen LogP contribution in [0.5, 0.6) is 0 Å². The van der Waals surface area contributed by atoms with Crippen LogP contribution in [0.25, 0.3) is 0 Å². The lowest BCUT2D eigenvalue weighted by Gasteiger charge is -2.15. The van der Waals surface area contributed by atoms with E-state index in [0.29, 0.717) is 12.1 Å². The molecule has 1 heterocycles. The van der Waals surface area contributed by atoms with Crippen molar-refractivity contribution >= 4 is 21.6 Å². The Morgan fingerprint density at radius 1 is 0.941 bits per heavy atom. The van der Waals surface area contributed by atoms with E-state index < -0.39 is 15.8 Å². The van der Waals surface area contributed by atoms with E-state index in [1.54, 1.807) is 13.0 Å². The topological polar surface area (TPSA) is 78.5 Å². The van der Waals surface area contributed by atoms with E-state index in [-0.39, 0.29) is 22.1 Å². The van der Waals surface area contributed by atoms with Gasteiger partial charge in [0.1, 0.15) is 5.82 Å². The fourth-order valence-electron chi connectivity index (χ4n) is 3.98.